The second-order valence-electron chi connectivity index (χ2n) is 4.97. The largest absolute Gasteiger partial charge is 0.469 e. The topological polar surface area (TPSA) is 55.6 Å². The van der Waals surface area contributed by atoms with E-state index in [9.17, 15) is 4.79 Å². The van der Waals surface area contributed by atoms with E-state index in [0.717, 1.165) is 29.0 Å². The third kappa shape index (κ3) is 3.99. The third-order valence-corrected chi connectivity index (χ3v) is 3.42. The number of rotatable bonds is 5. The van der Waals surface area contributed by atoms with E-state index in [4.69, 9.17) is 10.5 Å². The Balaban J connectivity index is 2.15. The lowest BCUT2D eigenvalue weighted by Gasteiger charge is -2.21. The quantitative estimate of drug-likeness (QED) is 0.677. The fourth-order valence-electron chi connectivity index (χ4n) is 2.19. The fraction of sp³-hybridized carbons (Fsp3) is 0.235. The maximum atomic E-state index is 11.5. The summed E-state index contributed by atoms with van der Waals surface area (Å²) in [5.41, 5.74) is 9.64. The second kappa shape index (κ2) is 6.79. The summed E-state index contributed by atoms with van der Waals surface area (Å²) in [4.78, 5) is 13.6. The average Bonchev–Trinajstić information content (AvgIpc) is 2.49. The Hall–Kier alpha value is -2.49. The van der Waals surface area contributed by atoms with Crippen molar-refractivity contribution < 1.29 is 9.53 Å². The van der Waals surface area contributed by atoms with E-state index in [1.54, 1.807) is 0 Å². The lowest BCUT2D eigenvalue weighted by molar-refractivity contribution is -0.139. The number of ether oxygens (including phenoxy) is 1. The predicted octanol–water partition coefficient (Wildman–Crippen LogP) is 2.62. The van der Waals surface area contributed by atoms with E-state index in [-0.39, 0.29) is 5.97 Å². The SMILES string of the molecule is COC(=O)Cc1ccccc1CN(C)c1ccc(N)cc1. The molecule has 21 heavy (non-hydrogen) atoms. The Bertz CT molecular complexity index is 608. The summed E-state index contributed by atoms with van der Waals surface area (Å²) in [7, 11) is 3.42. The van der Waals surface area contributed by atoms with Crippen molar-refractivity contribution in [2.45, 2.75) is 13.0 Å². The van der Waals surface area contributed by atoms with Gasteiger partial charge in [-0.3, -0.25) is 4.79 Å². The third-order valence-electron chi connectivity index (χ3n) is 3.42. The van der Waals surface area contributed by atoms with Crippen LogP contribution in [-0.2, 0) is 22.5 Å². The van der Waals surface area contributed by atoms with Crippen LogP contribution in [0.5, 0.6) is 0 Å². The number of hydrogen-bond donors (Lipinski definition) is 1. The molecule has 4 heteroatoms. The highest BCUT2D eigenvalue weighted by atomic mass is 16.5. The molecule has 0 aliphatic rings. The van der Waals surface area contributed by atoms with Crippen molar-refractivity contribution in [1.82, 2.24) is 0 Å². The molecule has 2 aromatic carbocycles. The van der Waals surface area contributed by atoms with E-state index in [0.29, 0.717) is 6.42 Å². The number of methoxy groups -OCH3 is 1. The van der Waals surface area contributed by atoms with Crippen molar-refractivity contribution >= 4 is 17.3 Å². The van der Waals surface area contributed by atoms with Crippen LogP contribution in [0, 0.1) is 0 Å². The first-order chi connectivity index (χ1) is 10.1. The number of esters is 1. The van der Waals surface area contributed by atoms with Gasteiger partial charge < -0.3 is 15.4 Å². The summed E-state index contributed by atoms with van der Waals surface area (Å²) in [5.74, 6) is -0.224. The summed E-state index contributed by atoms with van der Waals surface area (Å²) < 4.78 is 4.75. The van der Waals surface area contributed by atoms with Gasteiger partial charge in [-0.25, -0.2) is 0 Å². The minimum atomic E-state index is -0.224. The molecule has 0 fully saturated rings. The zero-order valence-electron chi connectivity index (χ0n) is 12.4. The molecule has 0 aliphatic carbocycles. The number of nitrogens with zero attached hydrogens (tertiary/aromatic N) is 1. The first kappa shape index (κ1) is 14.9. The molecule has 0 amide bonds. The molecule has 0 saturated heterocycles. The van der Waals surface area contributed by atoms with Crippen LogP contribution in [0.25, 0.3) is 0 Å². The van der Waals surface area contributed by atoms with Crippen molar-refractivity contribution in [1.29, 1.82) is 0 Å². The Kier molecular flexibility index (Phi) is 4.82. The molecule has 2 rings (SSSR count). The van der Waals surface area contributed by atoms with Crippen molar-refractivity contribution in [3.8, 4) is 0 Å². The number of benzene rings is 2. The number of anilines is 2. The number of carbonyl (C=O) groups excluding carboxylic acids is 1. The Morgan fingerprint density at radius 3 is 2.33 bits per heavy atom. The summed E-state index contributed by atoms with van der Waals surface area (Å²) in [6, 6.07) is 15.6. The van der Waals surface area contributed by atoms with Crippen molar-refractivity contribution in [2.24, 2.45) is 0 Å². The van der Waals surface area contributed by atoms with Crippen LogP contribution in [0.4, 0.5) is 11.4 Å². The van der Waals surface area contributed by atoms with Crippen molar-refractivity contribution in [3.63, 3.8) is 0 Å². The van der Waals surface area contributed by atoms with Crippen LogP contribution >= 0.6 is 0 Å². The van der Waals surface area contributed by atoms with Crippen LogP contribution in [0.1, 0.15) is 11.1 Å². The highest BCUT2D eigenvalue weighted by Gasteiger charge is 2.10. The zero-order valence-corrected chi connectivity index (χ0v) is 12.4. The minimum Gasteiger partial charge on any atom is -0.469 e. The molecule has 0 aliphatic heterocycles. The van der Waals surface area contributed by atoms with Gasteiger partial charge in [-0.15, -0.1) is 0 Å². The molecule has 0 heterocycles. The Labute approximate surface area is 125 Å². The number of nitrogen functional groups attached to an aromatic ring is 1. The van der Waals surface area contributed by atoms with E-state index in [1.165, 1.54) is 7.11 Å². The number of carbonyl (C=O) groups is 1. The normalized spacial score (nSPS) is 10.2. The van der Waals surface area contributed by atoms with Crippen LogP contribution in [0.15, 0.2) is 48.5 Å². The molecule has 2 N–H and O–H groups in total. The van der Waals surface area contributed by atoms with E-state index >= 15 is 0 Å². The molecule has 110 valence electrons. The molecule has 0 bridgehead atoms. The van der Waals surface area contributed by atoms with Gasteiger partial charge in [0.05, 0.1) is 13.5 Å². The molecule has 0 radical (unpaired) electrons. The first-order valence-corrected chi connectivity index (χ1v) is 6.80. The molecular formula is C17H20N2O2. The Morgan fingerprint density at radius 1 is 1.10 bits per heavy atom. The molecular weight excluding hydrogens is 264 g/mol. The lowest BCUT2D eigenvalue weighted by atomic mass is 10.0. The van der Waals surface area contributed by atoms with Gasteiger partial charge in [0.1, 0.15) is 0 Å². The number of nitrogens with two attached hydrogens (primary N) is 1. The summed E-state index contributed by atoms with van der Waals surface area (Å²) in [5, 5.41) is 0. The summed E-state index contributed by atoms with van der Waals surface area (Å²) >= 11 is 0. The lowest BCUT2D eigenvalue weighted by Crippen LogP contribution is -2.18. The van der Waals surface area contributed by atoms with Gasteiger partial charge in [0.25, 0.3) is 0 Å². The molecule has 0 saturated carbocycles. The van der Waals surface area contributed by atoms with Crippen LogP contribution in [0.2, 0.25) is 0 Å². The van der Waals surface area contributed by atoms with E-state index in [1.807, 2.05) is 55.6 Å². The van der Waals surface area contributed by atoms with Crippen LogP contribution < -0.4 is 10.6 Å². The van der Waals surface area contributed by atoms with Gasteiger partial charge in [0.15, 0.2) is 0 Å². The van der Waals surface area contributed by atoms with Crippen molar-refractivity contribution in [2.75, 3.05) is 24.8 Å². The van der Waals surface area contributed by atoms with Gasteiger partial charge in [-0.05, 0) is 35.4 Å². The van der Waals surface area contributed by atoms with Gasteiger partial charge in [0.2, 0.25) is 0 Å². The molecule has 0 aromatic heterocycles. The van der Waals surface area contributed by atoms with Gasteiger partial charge in [0, 0.05) is 25.0 Å². The average molecular weight is 284 g/mol. The highest BCUT2D eigenvalue weighted by Crippen LogP contribution is 2.19. The summed E-state index contributed by atoms with van der Waals surface area (Å²) in [6.07, 6.45) is 0.294. The molecule has 2 aromatic rings. The summed E-state index contributed by atoms with van der Waals surface area (Å²) in [6.45, 7) is 0.719. The molecule has 0 unspecified atom stereocenters. The molecule has 0 atom stereocenters. The van der Waals surface area contributed by atoms with E-state index in [2.05, 4.69) is 4.90 Å². The van der Waals surface area contributed by atoms with Crippen LogP contribution in [0.3, 0.4) is 0 Å². The van der Waals surface area contributed by atoms with Crippen molar-refractivity contribution in [3.05, 3.63) is 59.7 Å². The maximum absolute atomic E-state index is 11.5. The Morgan fingerprint density at radius 2 is 1.71 bits per heavy atom. The molecule has 0 spiro atoms. The second-order valence-corrected chi connectivity index (χ2v) is 4.97. The maximum Gasteiger partial charge on any atom is 0.309 e. The number of hydrogen-bond acceptors (Lipinski definition) is 4. The standard InChI is InChI=1S/C17H20N2O2/c1-19(16-9-7-15(18)8-10-16)12-14-6-4-3-5-13(14)11-17(20)21-2/h3-10H,11-12,18H2,1-2H3. The van der Waals surface area contributed by atoms with Gasteiger partial charge in [-0.2, -0.15) is 0 Å². The fourth-order valence-corrected chi connectivity index (χ4v) is 2.19. The monoisotopic (exact) mass is 284 g/mol. The zero-order chi connectivity index (χ0) is 15.2. The van der Waals surface area contributed by atoms with E-state index < -0.39 is 0 Å². The minimum absolute atomic E-state index is 0.224. The van der Waals surface area contributed by atoms with Gasteiger partial charge >= 0.3 is 5.97 Å². The van der Waals surface area contributed by atoms with Gasteiger partial charge in [-0.1, -0.05) is 24.3 Å². The molecule has 4 nitrogen and oxygen atoms in total. The first-order valence-electron chi connectivity index (χ1n) is 6.80. The van der Waals surface area contributed by atoms with Crippen LogP contribution in [-0.4, -0.2) is 20.1 Å². The smallest absolute Gasteiger partial charge is 0.309 e. The highest BCUT2D eigenvalue weighted by molar-refractivity contribution is 5.73. The predicted molar refractivity (Wildman–Crippen MR) is 85.1 cm³/mol.